The molecule has 1 aromatic rings. The van der Waals surface area contributed by atoms with Crippen LogP contribution in [-0.4, -0.2) is 19.7 Å². The van der Waals surface area contributed by atoms with Crippen molar-refractivity contribution >= 4 is 11.8 Å². The van der Waals surface area contributed by atoms with Crippen molar-refractivity contribution in [3.05, 3.63) is 29.8 Å². The van der Waals surface area contributed by atoms with E-state index in [-0.39, 0.29) is 0 Å². The smallest absolute Gasteiger partial charge is 0.411 e. The molecule has 16 heavy (non-hydrogen) atoms. The van der Waals surface area contributed by atoms with Crippen LogP contribution in [-0.2, 0) is 11.3 Å². The van der Waals surface area contributed by atoms with E-state index in [0.717, 1.165) is 30.8 Å². The number of amides is 1. The summed E-state index contributed by atoms with van der Waals surface area (Å²) in [5.41, 5.74) is 1.89. The molecule has 1 amide bonds. The molecule has 0 radical (unpaired) electrons. The number of ether oxygens (including phenoxy) is 1. The van der Waals surface area contributed by atoms with Gasteiger partial charge in [0.25, 0.3) is 0 Å². The van der Waals surface area contributed by atoms with E-state index in [1.165, 1.54) is 7.11 Å². The molecule has 2 N–H and O–H groups in total. The summed E-state index contributed by atoms with van der Waals surface area (Å²) >= 11 is 0. The lowest BCUT2D eigenvalue weighted by Gasteiger charge is -2.07. The largest absolute Gasteiger partial charge is 0.453 e. The normalized spacial score (nSPS) is 9.88. The summed E-state index contributed by atoms with van der Waals surface area (Å²) in [4.78, 5) is 11.0. The number of anilines is 1. The van der Waals surface area contributed by atoms with Gasteiger partial charge in [0, 0.05) is 12.2 Å². The fourth-order valence-corrected chi connectivity index (χ4v) is 1.34. The molecule has 0 saturated heterocycles. The molecule has 4 heteroatoms. The molecule has 0 bridgehead atoms. The van der Waals surface area contributed by atoms with E-state index >= 15 is 0 Å². The minimum atomic E-state index is -0.446. The van der Waals surface area contributed by atoms with Crippen LogP contribution in [0.3, 0.4) is 0 Å². The molecule has 0 saturated carbocycles. The highest BCUT2D eigenvalue weighted by Gasteiger charge is 2.00. The lowest BCUT2D eigenvalue weighted by molar-refractivity contribution is 0.187. The van der Waals surface area contributed by atoms with E-state index in [0.29, 0.717) is 0 Å². The molecule has 0 aliphatic heterocycles. The molecule has 1 aromatic carbocycles. The van der Waals surface area contributed by atoms with Crippen LogP contribution in [0.25, 0.3) is 0 Å². The highest BCUT2D eigenvalue weighted by Crippen LogP contribution is 2.10. The van der Waals surface area contributed by atoms with Crippen LogP contribution in [0.15, 0.2) is 24.3 Å². The molecule has 88 valence electrons. The van der Waals surface area contributed by atoms with Crippen molar-refractivity contribution < 1.29 is 9.53 Å². The molecular weight excluding hydrogens is 204 g/mol. The number of nitrogens with one attached hydrogen (secondary N) is 2. The maximum atomic E-state index is 11.0. The van der Waals surface area contributed by atoms with Crippen LogP contribution in [0.2, 0.25) is 0 Å². The molecular formula is C12H18N2O2. The second kappa shape index (κ2) is 6.85. The number of hydrogen-bond donors (Lipinski definition) is 2. The minimum Gasteiger partial charge on any atom is -0.453 e. The molecule has 0 atom stereocenters. The molecule has 0 spiro atoms. The standard InChI is InChI=1S/C12H18N2O2/c1-3-7-13-9-10-5-4-6-11(8-10)14-12(15)16-2/h4-6,8,13H,3,7,9H2,1-2H3,(H,14,15). The minimum absolute atomic E-state index is 0.446. The van der Waals surface area contributed by atoms with Gasteiger partial charge in [0.1, 0.15) is 0 Å². The highest BCUT2D eigenvalue weighted by molar-refractivity contribution is 5.84. The van der Waals surface area contributed by atoms with Gasteiger partial charge in [-0.15, -0.1) is 0 Å². The zero-order chi connectivity index (χ0) is 11.8. The summed E-state index contributed by atoms with van der Waals surface area (Å²) in [7, 11) is 1.35. The van der Waals surface area contributed by atoms with Gasteiger partial charge in [-0.3, -0.25) is 5.32 Å². The average Bonchev–Trinajstić information content (AvgIpc) is 2.30. The predicted octanol–water partition coefficient (Wildman–Crippen LogP) is 2.36. The van der Waals surface area contributed by atoms with Crippen LogP contribution in [0.1, 0.15) is 18.9 Å². The van der Waals surface area contributed by atoms with E-state index < -0.39 is 6.09 Å². The third-order valence-electron chi connectivity index (χ3n) is 2.11. The monoisotopic (exact) mass is 222 g/mol. The Morgan fingerprint density at radius 3 is 2.94 bits per heavy atom. The quantitative estimate of drug-likeness (QED) is 0.752. The molecule has 1 rings (SSSR count). The van der Waals surface area contributed by atoms with Gasteiger partial charge in [0.2, 0.25) is 0 Å². The Morgan fingerprint density at radius 1 is 1.44 bits per heavy atom. The molecule has 0 aliphatic carbocycles. The number of methoxy groups -OCH3 is 1. The van der Waals surface area contributed by atoms with Gasteiger partial charge in [-0.25, -0.2) is 4.79 Å². The zero-order valence-corrected chi connectivity index (χ0v) is 9.75. The number of carbonyl (C=O) groups is 1. The van der Waals surface area contributed by atoms with Gasteiger partial charge in [-0.2, -0.15) is 0 Å². The molecule has 0 fully saturated rings. The van der Waals surface area contributed by atoms with Crippen molar-refractivity contribution in [1.82, 2.24) is 5.32 Å². The number of rotatable bonds is 5. The number of carbonyl (C=O) groups excluding carboxylic acids is 1. The maximum Gasteiger partial charge on any atom is 0.411 e. The fraction of sp³-hybridized carbons (Fsp3) is 0.417. The SMILES string of the molecule is CCCNCc1cccc(NC(=O)OC)c1. The molecule has 0 aliphatic rings. The summed E-state index contributed by atoms with van der Waals surface area (Å²) in [5.74, 6) is 0. The van der Waals surface area contributed by atoms with E-state index in [1.54, 1.807) is 0 Å². The second-order valence-corrected chi connectivity index (χ2v) is 3.49. The lowest BCUT2D eigenvalue weighted by Crippen LogP contribution is -2.14. The van der Waals surface area contributed by atoms with Crippen molar-refractivity contribution in [2.45, 2.75) is 19.9 Å². The van der Waals surface area contributed by atoms with Gasteiger partial charge >= 0.3 is 6.09 Å². The third-order valence-corrected chi connectivity index (χ3v) is 2.11. The van der Waals surface area contributed by atoms with Crippen LogP contribution in [0, 0.1) is 0 Å². The fourth-order valence-electron chi connectivity index (χ4n) is 1.34. The summed E-state index contributed by atoms with van der Waals surface area (Å²) in [6, 6.07) is 7.69. The van der Waals surface area contributed by atoms with Crippen molar-refractivity contribution in [3.8, 4) is 0 Å². The van der Waals surface area contributed by atoms with E-state index in [2.05, 4.69) is 22.3 Å². The molecule has 4 nitrogen and oxygen atoms in total. The Morgan fingerprint density at radius 2 is 2.25 bits per heavy atom. The first-order chi connectivity index (χ1) is 7.76. The first-order valence-electron chi connectivity index (χ1n) is 5.41. The Kier molecular flexibility index (Phi) is 5.36. The second-order valence-electron chi connectivity index (χ2n) is 3.49. The Hall–Kier alpha value is -1.55. The lowest BCUT2D eigenvalue weighted by atomic mass is 10.2. The van der Waals surface area contributed by atoms with Gasteiger partial charge in [0.15, 0.2) is 0 Å². The first-order valence-corrected chi connectivity index (χ1v) is 5.41. The van der Waals surface area contributed by atoms with E-state index in [1.807, 2.05) is 24.3 Å². The Balaban J connectivity index is 2.53. The van der Waals surface area contributed by atoms with Gasteiger partial charge < -0.3 is 10.1 Å². The Labute approximate surface area is 96.0 Å². The number of benzene rings is 1. The highest BCUT2D eigenvalue weighted by atomic mass is 16.5. The van der Waals surface area contributed by atoms with E-state index in [4.69, 9.17) is 0 Å². The zero-order valence-electron chi connectivity index (χ0n) is 9.75. The van der Waals surface area contributed by atoms with Crippen LogP contribution in [0.4, 0.5) is 10.5 Å². The predicted molar refractivity (Wildman–Crippen MR) is 64.5 cm³/mol. The maximum absolute atomic E-state index is 11.0. The summed E-state index contributed by atoms with van der Waals surface area (Å²) in [6.07, 6.45) is 0.666. The van der Waals surface area contributed by atoms with Gasteiger partial charge in [-0.1, -0.05) is 19.1 Å². The molecule has 0 unspecified atom stereocenters. The van der Waals surface area contributed by atoms with Crippen molar-refractivity contribution in [2.75, 3.05) is 19.0 Å². The van der Waals surface area contributed by atoms with Gasteiger partial charge in [-0.05, 0) is 30.7 Å². The van der Waals surface area contributed by atoms with E-state index in [9.17, 15) is 4.79 Å². The van der Waals surface area contributed by atoms with Crippen molar-refractivity contribution in [1.29, 1.82) is 0 Å². The average molecular weight is 222 g/mol. The van der Waals surface area contributed by atoms with Crippen molar-refractivity contribution in [2.24, 2.45) is 0 Å². The molecule has 0 aromatic heterocycles. The van der Waals surface area contributed by atoms with Crippen LogP contribution < -0.4 is 10.6 Å². The van der Waals surface area contributed by atoms with Crippen molar-refractivity contribution in [3.63, 3.8) is 0 Å². The first kappa shape index (κ1) is 12.5. The van der Waals surface area contributed by atoms with Gasteiger partial charge in [0.05, 0.1) is 7.11 Å². The summed E-state index contributed by atoms with van der Waals surface area (Å²) < 4.78 is 4.53. The number of hydrogen-bond acceptors (Lipinski definition) is 3. The summed E-state index contributed by atoms with van der Waals surface area (Å²) in [5, 5.41) is 5.94. The van der Waals surface area contributed by atoms with Crippen LogP contribution >= 0.6 is 0 Å². The third kappa shape index (κ3) is 4.31. The molecule has 0 heterocycles. The Bertz CT molecular complexity index is 340. The summed E-state index contributed by atoms with van der Waals surface area (Å²) in [6.45, 7) is 3.93. The topological polar surface area (TPSA) is 50.4 Å². The van der Waals surface area contributed by atoms with Crippen LogP contribution in [0.5, 0.6) is 0 Å².